The summed E-state index contributed by atoms with van der Waals surface area (Å²) in [4.78, 5) is 9.99. The lowest BCUT2D eigenvalue weighted by atomic mass is 10.8. The first kappa shape index (κ1) is 11.5. The minimum absolute atomic E-state index is 0.251. The highest BCUT2D eigenvalue weighted by atomic mass is 28.5. The van der Waals surface area contributed by atoms with Crippen LogP contribution < -0.4 is 0 Å². The van der Waals surface area contributed by atoms with Gasteiger partial charge in [0.25, 0.3) is 0 Å². The van der Waals surface area contributed by atoms with Crippen LogP contribution in [0.1, 0.15) is 6.92 Å². The summed E-state index contributed by atoms with van der Waals surface area (Å²) >= 11 is 0. The number of amides is 1. The molecule has 0 aromatic heterocycles. The van der Waals surface area contributed by atoms with Gasteiger partial charge in [-0.1, -0.05) is 0 Å². The first-order valence-corrected chi connectivity index (χ1v) is 5.67. The van der Waals surface area contributed by atoms with E-state index in [-0.39, 0.29) is 6.92 Å². The van der Waals surface area contributed by atoms with E-state index in [0.29, 0.717) is 0 Å². The molecule has 10 heteroatoms. The molecular formula is C2H3F6NOSi2. The van der Waals surface area contributed by atoms with Gasteiger partial charge in [0.2, 0.25) is 5.91 Å². The van der Waals surface area contributed by atoms with E-state index in [0.717, 1.165) is 0 Å². The summed E-state index contributed by atoms with van der Waals surface area (Å²) in [6.45, 7) is 0.251. The van der Waals surface area contributed by atoms with Gasteiger partial charge >= 0.3 is 18.5 Å². The van der Waals surface area contributed by atoms with E-state index in [1.54, 1.807) is 0 Å². The Kier molecular flexibility index (Phi) is 2.95. The van der Waals surface area contributed by atoms with Crippen molar-refractivity contribution in [3.63, 3.8) is 0 Å². The largest absolute Gasteiger partial charge is 0.754 e. The zero-order valence-corrected chi connectivity index (χ0v) is 7.62. The maximum atomic E-state index is 11.6. The Bertz CT molecular complexity index is 171. The lowest BCUT2D eigenvalue weighted by molar-refractivity contribution is -0.124. The van der Waals surface area contributed by atoms with E-state index in [2.05, 4.69) is 0 Å². The van der Waals surface area contributed by atoms with Gasteiger partial charge in [-0.15, -0.1) is 0 Å². The fourth-order valence-corrected chi connectivity index (χ4v) is 2.36. The van der Waals surface area contributed by atoms with E-state index in [1.165, 1.54) is 0 Å². The van der Waals surface area contributed by atoms with Gasteiger partial charge in [-0.05, 0) is 0 Å². The zero-order chi connectivity index (χ0) is 10.2. The standard InChI is InChI=1S/C2H3F6NOSi2/c1-2(10)9(11(3,4)5)12(6,7)8/h1H3. The van der Waals surface area contributed by atoms with Gasteiger partial charge in [0, 0.05) is 6.92 Å². The molecule has 0 saturated heterocycles. The van der Waals surface area contributed by atoms with E-state index >= 15 is 0 Å². The Hall–Kier alpha value is -0.516. The second-order valence-electron chi connectivity index (χ2n) is 1.79. The topological polar surface area (TPSA) is 20.3 Å². The highest BCUT2D eigenvalue weighted by Crippen LogP contribution is 2.26. The molecule has 0 atom stereocenters. The maximum Gasteiger partial charge on any atom is 0.754 e. The van der Waals surface area contributed by atoms with Crippen molar-refractivity contribution in [2.24, 2.45) is 0 Å². The predicted molar refractivity (Wildman–Crippen MR) is 30.7 cm³/mol. The van der Waals surface area contributed by atoms with Crippen LogP contribution in [0.2, 0.25) is 0 Å². The highest BCUT2D eigenvalue weighted by Gasteiger charge is 2.65. The number of carbonyl (C=O) groups is 1. The third-order valence-corrected chi connectivity index (χ3v) is 3.99. The maximum absolute atomic E-state index is 11.6. The van der Waals surface area contributed by atoms with Crippen LogP contribution in [0.15, 0.2) is 0 Å². The number of carbonyl (C=O) groups excluding carboxylic acids is 1. The first-order chi connectivity index (χ1) is 5.07. The summed E-state index contributed by atoms with van der Waals surface area (Å²) < 4.78 is 67.9. The van der Waals surface area contributed by atoms with Gasteiger partial charge in [0.15, 0.2) is 0 Å². The molecule has 0 fully saturated rings. The Labute approximate surface area is 66.0 Å². The molecule has 0 rings (SSSR count). The zero-order valence-electron chi connectivity index (χ0n) is 5.62. The Morgan fingerprint density at radius 3 is 1.25 bits per heavy atom. The molecule has 0 aromatic rings. The summed E-state index contributed by atoms with van der Waals surface area (Å²) in [5.41, 5.74) is 0. The summed E-state index contributed by atoms with van der Waals surface area (Å²) in [6.07, 6.45) is 0. The normalized spacial score (nSPS) is 12.9. The van der Waals surface area contributed by atoms with Gasteiger partial charge in [0.1, 0.15) is 0 Å². The average molecular weight is 227 g/mol. The summed E-state index contributed by atoms with van der Waals surface area (Å²) in [7, 11) is -14.1. The molecule has 0 aliphatic heterocycles. The summed E-state index contributed by atoms with van der Waals surface area (Å²) in [6, 6.07) is 0. The van der Waals surface area contributed by atoms with Gasteiger partial charge in [-0.25, -0.2) is 28.9 Å². The lowest BCUT2D eigenvalue weighted by Crippen LogP contribution is -2.57. The molecule has 0 aliphatic carbocycles. The van der Waals surface area contributed by atoms with Crippen LogP contribution >= 0.6 is 0 Å². The van der Waals surface area contributed by atoms with Crippen LogP contribution in [0.4, 0.5) is 24.6 Å². The molecule has 0 unspecified atom stereocenters. The number of hydrogen-bond acceptors (Lipinski definition) is 1. The molecule has 72 valence electrons. The van der Waals surface area contributed by atoms with E-state index in [4.69, 9.17) is 0 Å². The summed E-state index contributed by atoms with van der Waals surface area (Å²) in [5.74, 6) is -1.99. The summed E-state index contributed by atoms with van der Waals surface area (Å²) in [5, 5.41) is 0. The van der Waals surface area contributed by atoms with Crippen molar-refractivity contribution >= 4 is 24.4 Å². The third-order valence-electron chi connectivity index (χ3n) is 0.822. The molecule has 0 bridgehead atoms. The van der Waals surface area contributed by atoms with Gasteiger partial charge in [-0.3, -0.25) is 4.79 Å². The molecule has 0 saturated carbocycles. The first-order valence-electron chi connectivity index (χ1n) is 2.51. The van der Waals surface area contributed by atoms with Crippen molar-refractivity contribution in [2.45, 2.75) is 6.92 Å². The molecule has 0 spiro atoms. The van der Waals surface area contributed by atoms with Crippen molar-refractivity contribution in [2.75, 3.05) is 0 Å². The van der Waals surface area contributed by atoms with Gasteiger partial charge < -0.3 is 0 Å². The van der Waals surface area contributed by atoms with E-state index in [9.17, 15) is 29.4 Å². The van der Waals surface area contributed by atoms with Crippen LogP contribution in [0.25, 0.3) is 0 Å². The van der Waals surface area contributed by atoms with Crippen molar-refractivity contribution in [1.82, 2.24) is 4.23 Å². The molecule has 1 amide bonds. The van der Waals surface area contributed by atoms with Crippen LogP contribution in [0.3, 0.4) is 0 Å². The molecule has 12 heavy (non-hydrogen) atoms. The quantitative estimate of drug-likeness (QED) is 0.398. The second kappa shape index (κ2) is 3.08. The minimum Gasteiger partial charge on any atom is -0.277 e. The van der Waals surface area contributed by atoms with E-state index in [1.807, 2.05) is 0 Å². The predicted octanol–water partition coefficient (Wildman–Crippen LogP) is 1.52. The molecule has 0 aliphatic rings. The van der Waals surface area contributed by atoms with Crippen molar-refractivity contribution < 1.29 is 29.4 Å². The number of rotatable bonds is 2. The number of nitrogens with zero attached hydrogens (tertiary/aromatic N) is 1. The van der Waals surface area contributed by atoms with Crippen molar-refractivity contribution in [3.05, 3.63) is 0 Å². The third kappa shape index (κ3) is 2.85. The molecular weight excluding hydrogens is 224 g/mol. The molecule has 0 radical (unpaired) electrons. The van der Waals surface area contributed by atoms with Crippen LogP contribution in [-0.4, -0.2) is 28.6 Å². The SMILES string of the molecule is CC(=O)N([Si](F)(F)F)[Si](F)(F)F. The Morgan fingerprint density at radius 1 is 1.00 bits per heavy atom. The number of halogens is 6. The van der Waals surface area contributed by atoms with Crippen LogP contribution in [0.5, 0.6) is 0 Å². The molecule has 0 N–H and O–H groups in total. The Balaban J connectivity index is 4.82. The van der Waals surface area contributed by atoms with Gasteiger partial charge in [-0.2, -0.15) is 0 Å². The lowest BCUT2D eigenvalue weighted by Gasteiger charge is -2.20. The van der Waals surface area contributed by atoms with Crippen LogP contribution in [0, 0.1) is 0 Å². The molecule has 2 nitrogen and oxygen atoms in total. The average Bonchev–Trinajstić information content (AvgIpc) is 1.49. The smallest absolute Gasteiger partial charge is 0.277 e. The second-order valence-corrected chi connectivity index (χ2v) is 5.00. The Morgan fingerprint density at radius 2 is 1.25 bits per heavy atom. The van der Waals surface area contributed by atoms with Gasteiger partial charge in [0.05, 0.1) is 0 Å². The minimum atomic E-state index is -7.06. The van der Waals surface area contributed by atoms with Crippen LogP contribution in [-0.2, 0) is 4.79 Å². The monoisotopic (exact) mass is 227 g/mol. The fourth-order valence-electron chi connectivity index (χ4n) is 0.501. The fraction of sp³-hybridized carbons (Fsp3) is 0.500. The molecule has 0 heterocycles. The highest BCUT2D eigenvalue weighted by molar-refractivity contribution is 6.76. The molecule has 0 aromatic carbocycles. The van der Waals surface area contributed by atoms with E-state index < -0.39 is 28.6 Å². The van der Waals surface area contributed by atoms with Crippen molar-refractivity contribution in [3.8, 4) is 0 Å². The van der Waals surface area contributed by atoms with Crippen molar-refractivity contribution in [1.29, 1.82) is 0 Å². The number of hydrogen-bond donors (Lipinski definition) is 0.